The maximum Gasteiger partial charge on any atom is 0.311 e. The highest BCUT2D eigenvalue weighted by Crippen LogP contribution is 2.31. The molecule has 0 aliphatic carbocycles. The number of nitrogens with zero attached hydrogens (tertiary/aromatic N) is 2. The number of benzene rings is 1. The van der Waals surface area contributed by atoms with Gasteiger partial charge < -0.3 is 14.7 Å². The number of nitro benzene ring substituents is 1. The van der Waals surface area contributed by atoms with Crippen molar-refractivity contribution in [2.45, 2.75) is 13.3 Å². The normalized spacial score (nSPS) is 10.0. The van der Waals surface area contributed by atoms with Gasteiger partial charge in [0.1, 0.15) is 0 Å². The summed E-state index contributed by atoms with van der Waals surface area (Å²) in [6.07, 6.45) is -0.207. The molecule has 0 bridgehead atoms. The van der Waals surface area contributed by atoms with E-state index in [0.29, 0.717) is 0 Å². The Morgan fingerprint density at radius 3 is 2.62 bits per heavy atom. The van der Waals surface area contributed by atoms with E-state index < -0.39 is 16.8 Å². The molecule has 0 spiro atoms. The van der Waals surface area contributed by atoms with E-state index in [0.717, 1.165) is 0 Å². The van der Waals surface area contributed by atoms with Gasteiger partial charge in [0.2, 0.25) is 5.75 Å². The molecule has 1 N–H and O–H groups in total. The van der Waals surface area contributed by atoms with Crippen LogP contribution in [0.1, 0.15) is 23.7 Å². The zero-order valence-corrected chi connectivity index (χ0v) is 11.7. The van der Waals surface area contributed by atoms with Crippen molar-refractivity contribution in [2.75, 3.05) is 20.2 Å². The fourth-order valence-electron chi connectivity index (χ4n) is 1.70. The fraction of sp³-hybridized carbons (Fsp3) is 0.385. The second-order valence-electron chi connectivity index (χ2n) is 4.21. The molecule has 0 heterocycles. The van der Waals surface area contributed by atoms with Crippen LogP contribution in [-0.2, 0) is 4.79 Å². The number of carboxylic acids is 1. The predicted molar refractivity (Wildman–Crippen MR) is 73.5 cm³/mol. The van der Waals surface area contributed by atoms with Crippen molar-refractivity contribution in [3.05, 3.63) is 33.9 Å². The SMILES string of the molecule is CCOc1c(C(=O)N(C)CCC(=O)O)cccc1[N+](=O)[O-]. The van der Waals surface area contributed by atoms with Crippen molar-refractivity contribution in [3.8, 4) is 5.75 Å². The fourth-order valence-corrected chi connectivity index (χ4v) is 1.70. The average Bonchev–Trinajstić information content (AvgIpc) is 2.44. The van der Waals surface area contributed by atoms with Crippen LogP contribution in [0.3, 0.4) is 0 Å². The molecule has 114 valence electrons. The van der Waals surface area contributed by atoms with Crippen LogP contribution in [0.2, 0.25) is 0 Å². The van der Waals surface area contributed by atoms with Gasteiger partial charge in [-0.1, -0.05) is 6.07 Å². The van der Waals surface area contributed by atoms with Crippen molar-refractivity contribution in [3.63, 3.8) is 0 Å². The third-order valence-corrected chi connectivity index (χ3v) is 2.72. The third-order valence-electron chi connectivity index (χ3n) is 2.72. The van der Waals surface area contributed by atoms with Gasteiger partial charge in [0, 0.05) is 19.7 Å². The van der Waals surface area contributed by atoms with Crippen LogP contribution < -0.4 is 4.74 Å². The molecular formula is C13H16N2O6. The number of rotatable bonds is 7. The molecule has 0 unspecified atom stereocenters. The second-order valence-corrected chi connectivity index (χ2v) is 4.21. The Kier molecular flexibility index (Phi) is 5.65. The Labute approximate surface area is 121 Å². The van der Waals surface area contributed by atoms with Crippen LogP contribution in [0.5, 0.6) is 5.75 Å². The summed E-state index contributed by atoms with van der Waals surface area (Å²) in [4.78, 5) is 34.3. The monoisotopic (exact) mass is 296 g/mol. The average molecular weight is 296 g/mol. The molecular weight excluding hydrogens is 280 g/mol. The van der Waals surface area contributed by atoms with E-state index in [1.807, 2.05) is 0 Å². The Balaban J connectivity index is 3.10. The summed E-state index contributed by atoms with van der Waals surface area (Å²) in [5.74, 6) is -1.65. The maximum absolute atomic E-state index is 12.3. The highest BCUT2D eigenvalue weighted by Gasteiger charge is 2.25. The van der Waals surface area contributed by atoms with E-state index in [1.54, 1.807) is 6.92 Å². The minimum absolute atomic E-state index is 0.00240. The van der Waals surface area contributed by atoms with Gasteiger partial charge in [0.05, 0.1) is 23.5 Å². The lowest BCUT2D eigenvalue weighted by Crippen LogP contribution is -2.29. The van der Waals surface area contributed by atoms with Crippen LogP contribution in [0.15, 0.2) is 18.2 Å². The van der Waals surface area contributed by atoms with Crippen LogP contribution in [0.25, 0.3) is 0 Å². The first kappa shape index (κ1) is 16.4. The van der Waals surface area contributed by atoms with Crippen LogP contribution in [0, 0.1) is 10.1 Å². The number of aliphatic carboxylic acids is 1. The van der Waals surface area contributed by atoms with Gasteiger partial charge in [-0.15, -0.1) is 0 Å². The Morgan fingerprint density at radius 1 is 1.43 bits per heavy atom. The molecule has 1 amide bonds. The topological polar surface area (TPSA) is 110 Å². The minimum atomic E-state index is -1.03. The highest BCUT2D eigenvalue weighted by molar-refractivity contribution is 5.98. The van der Waals surface area contributed by atoms with Crippen LogP contribution in [0.4, 0.5) is 5.69 Å². The molecule has 21 heavy (non-hydrogen) atoms. The van der Waals surface area contributed by atoms with Gasteiger partial charge in [-0.25, -0.2) is 0 Å². The molecule has 0 saturated carbocycles. The van der Waals surface area contributed by atoms with Gasteiger partial charge in [0.15, 0.2) is 0 Å². The molecule has 0 aliphatic heterocycles. The number of hydrogen-bond acceptors (Lipinski definition) is 5. The first-order valence-electron chi connectivity index (χ1n) is 6.26. The summed E-state index contributed by atoms with van der Waals surface area (Å²) >= 11 is 0. The Morgan fingerprint density at radius 2 is 2.10 bits per heavy atom. The number of ether oxygens (including phenoxy) is 1. The summed E-state index contributed by atoms with van der Waals surface area (Å²) in [5.41, 5.74) is -0.256. The number of hydrogen-bond donors (Lipinski definition) is 1. The molecule has 1 rings (SSSR count). The molecule has 8 nitrogen and oxygen atoms in total. The summed E-state index contributed by atoms with van der Waals surface area (Å²) in [6, 6.07) is 4.05. The molecule has 1 aromatic carbocycles. The van der Waals surface area contributed by atoms with E-state index in [9.17, 15) is 19.7 Å². The third kappa shape index (κ3) is 4.16. The number of nitro groups is 1. The predicted octanol–water partition coefficient (Wildman–Crippen LogP) is 1.54. The standard InChI is InChI=1S/C13H16N2O6/c1-3-21-12-9(5-4-6-10(12)15(19)20)13(18)14(2)8-7-11(16)17/h4-6H,3,7-8H2,1-2H3,(H,16,17). The van der Waals surface area contributed by atoms with Crippen molar-refractivity contribution < 1.29 is 24.4 Å². The van der Waals surface area contributed by atoms with Gasteiger partial charge in [-0.05, 0) is 13.0 Å². The van der Waals surface area contributed by atoms with E-state index in [-0.39, 0.29) is 36.6 Å². The Bertz CT molecular complexity index is 558. The molecule has 0 atom stereocenters. The molecule has 0 aromatic heterocycles. The van der Waals surface area contributed by atoms with E-state index >= 15 is 0 Å². The van der Waals surface area contributed by atoms with Gasteiger partial charge in [0.25, 0.3) is 5.91 Å². The van der Waals surface area contributed by atoms with Gasteiger partial charge in [-0.2, -0.15) is 0 Å². The number of para-hydroxylation sites is 1. The largest absolute Gasteiger partial charge is 0.487 e. The molecule has 0 fully saturated rings. The van der Waals surface area contributed by atoms with Crippen LogP contribution in [-0.4, -0.2) is 47.0 Å². The number of carbonyl (C=O) groups is 2. The zero-order chi connectivity index (χ0) is 16.0. The van der Waals surface area contributed by atoms with Crippen molar-refractivity contribution in [1.82, 2.24) is 4.90 Å². The molecule has 8 heteroatoms. The quantitative estimate of drug-likeness (QED) is 0.603. The molecule has 0 saturated heterocycles. The first-order chi connectivity index (χ1) is 9.88. The van der Waals surface area contributed by atoms with E-state index in [4.69, 9.17) is 9.84 Å². The highest BCUT2D eigenvalue weighted by atomic mass is 16.6. The number of carbonyl (C=O) groups excluding carboxylic acids is 1. The number of carboxylic acid groups (broad SMARTS) is 1. The smallest absolute Gasteiger partial charge is 0.311 e. The summed E-state index contributed by atoms with van der Waals surface area (Å²) in [5, 5.41) is 19.6. The molecule has 0 aliphatic rings. The lowest BCUT2D eigenvalue weighted by Gasteiger charge is -2.18. The minimum Gasteiger partial charge on any atom is -0.487 e. The maximum atomic E-state index is 12.3. The summed E-state index contributed by atoms with van der Waals surface area (Å²) in [7, 11) is 1.43. The van der Waals surface area contributed by atoms with E-state index in [1.165, 1.54) is 30.1 Å². The Hall–Kier alpha value is -2.64. The zero-order valence-electron chi connectivity index (χ0n) is 11.7. The van der Waals surface area contributed by atoms with Crippen molar-refractivity contribution >= 4 is 17.6 Å². The summed E-state index contributed by atoms with van der Waals surface area (Å²) < 4.78 is 5.22. The molecule has 1 aromatic rings. The van der Waals surface area contributed by atoms with Crippen LogP contribution >= 0.6 is 0 Å². The second kappa shape index (κ2) is 7.22. The van der Waals surface area contributed by atoms with Gasteiger partial charge in [-0.3, -0.25) is 19.7 Å². The van der Waals surface area contributed by atoms with Crippen molar-refractivity contribution in [2.24, 2.45) is 0 Å². The van der Waals surface area contributed by atoms with Crippen molar-refractivity contribution in [1.29, 1.82) is 0 Å². The molecule has 0 radical (unpaired) electrons. The number of amides is 1. The van der Waals surface area contributed by atoms with Gasteiger partial charge >= 0.3 is 11.7 Å². The summed E-state index contributed by atoms with van der Waals surface area (Å²) in [6.45, 7) is 1.82. The van der Waals surface area contributed by atoms with E-state index in [2.05, 4.69) is 0 Å². The lowest BCUT2D eigenvalue weighted by molar-refractivity contribution is -0.385. The first-order valence-corrected chi connectivity index (χ1v) is 6.26. The lowest BCUT2D eigenvalue weighted by atomic mass is 10.1.